The number of amides is 2. The first kappa shape index (κ1) is 17.6. The zero-order valence-electron chi connectivity index (χ0n) is 14.8. The highest BCUT2D eigenvalue weighted by atomic mass is 19.1. The molecule has 0 radical (unpaired) electrons. The summed E-state index contributed by atoms with van der Waals surface area (Å²) in [5.41, 5.74) is 7.79. The number of carbonyl (C=O) groups excluding carboxylic acids is 2. The van der Waals surface area contributed by atoms with E-state index in [1.807, 2.05) is 0 Å². The van der Waals surface area contributed by atoms with Gasteiger partial charge in [0.25, 0.3) is 5.91 Å². The van der Waals surface area contributed by atoms with Crippen molar-refractivity contribution in [3.05, 3.63) is 59.7 Å². The zero-order chi connectivity index (χ0) is 19.0. The van der Waals surface area contributed by atoms with Gasteiger partial charge in [-0.3, -0.25) is 14.6 Å². The fraction of sp³-hybridized carbons (Fsp3) is 0.350. The fourth-order valence-electron chi connectivity index (χ4n) is 3.90. The van der Waals surface area contributed by atoms with Crippen LogP contribution in [0.2, 0.25) is 0 Å². The van der Waals surface area contributed by atoms with Gasteiger partial charge < -0.3 is 15.5 Å². The quantitative estimate of drug-likeness (QED) is 0.898. The Morgan fingerprint density at radius 2 is 2.04 bits per heavy atom. The Morgan fingerprint density at radius 3 is 2.78 bits per heavy atom. The van der Waals surface area contributed by atoms with Gasteiger partial charge in [-0.15, -0.1) is 0 Å². The molecule has 0 spiro atoms. The van der Waals surface area contributed by atoms with Gasteiger partial charge in [-0.1, -0.05) is 18.2 Å². The first-order valence-corrected chi connectivity index (χ1v) is 9.09. The normalized spacial score (nSPS) is 22.5. The molecule has 2 saturated heterocycles. The van der Waals surface area contributed by atoms with Crippen LogP contribution in [0.3, 0.4) is 0 Å². The molecule has 0 bridgehead atoms. The van der Waals surface area contributed by atoms with Gasteiger partial charge >= 0.3 is 0 Å². The number of nitrogens with two attached hydrogens (primary N) is 1. The smallest absolute Gasteiger partial charge is 0.255 e. The van der Waals surface area contributed by atoms with Gasteiger partial charge in [0.05, 0.1) is 17.4 Å². The molecular formula is C20H21FN4O2. The molecule has 140 valence electrons. The molecule has 2 atom stereocenters. The van der Waals surface area contributed by atoms with E-state index in [4.69, 9.17) is 5.73 Å². The molecule has 1 aromatic carbocycles. The SMILES string of the molecule is N[C@@H]1CN(C(=O)c2cncc(N3CCCC3=O)c2)C[C@H]1c1ccccc1F. The van der Waals surface area contributed by atoms with E-state index in [1.165, 1.54) is 12.3 Å². The van der Waals surface area contributed by atoms with Crippen molar-refractivity contribution in [2.75, 3.05) is 24.5 Å². The van der Waals surface area contributed by atoms with Crippen LogP contribution in [0.15, 0.2) is 42.7 Å². The van der Waals surface area contributed by atoms with Crippen LogP contribution in [0.4, 0.5) is 10.1 Å². The molecule has 1 aromatic heterocycles. The minimum absolute atomic E-state index is 0.0456. The number of halogens is 1. The van der Waals surface area contributed by atoms with Crippen LogP contribution < -0.4 is 10.6 Å². The lowest BCUT2D eigenvalue weighted by molar-refractivity contribution is -0.117. The van der Waals surface area contributed by atoms with Gasteiger partial charge in [0.1, 0.15) is 5.82 Å². The molecular weight excluding hydrogens is 347 g/mol. The summed E-state index contributed by atoms with van der Waals surface area (Å²) in [4.78, 5) is 32.3. The van der Waals surface area contributed by atoms with Crippen LogP contribution in [0.5, 0.6) is 0 Å². The zero-order valence-corrected chi connectivity index (χ0v) is 14.8. The van der Waals surface area contributed by atoms with Gasteiger partial charge in [-0.05, 0) is 24.1 Å². The van der Waals surface area contributed by atoms with Crippen molar-refractivity contribution >= 4 is 17.5 Å². The Balaban J connectivity index is 1.54. The molecule has 2 fully saturated rings. The van der Waals surface area contributed by atoms with Crippen molar-refractivity contribution in [1.82, 2.24) is 9.88 Å². The maximum absolute atomic E-state index is 14.1. The summed E-state index contributed by atoms with van der Waals surface area (Å²) >= 11 is 0. The predicted octanol–water partition coefficient (Wildman–Crippen LogP) is 1.91. The number of aromatic nitrogens is 1. The number of likely N-dealkylation sites (tertiary alicyclic amines) is 1. The Bertz CT molecular complexity index is 888. The van der Waals surface area contributed by atoms with E-state index in [0.29, 0.717) is 42.9 Å². The molecule has 6 nitrogen and oxygen atoms in total. The van der Waals surface area contributed by atoms with Crippen LogP contribution in [0, 0.1) is 5.82 Å². The van der Waals surface area contributed by atoms with E-state index in [-0.39, 0.29) is 29.6 Å². The molecule has 4 rings (SSSR count). The number of benzene rings is 1. The minimum Gasteiger partial charge on any atom is -0.336 e. The van der Waals surface area contributed by atoms with Crippen LogP contribution in [-0.4, -0.2) is 47.4 Å². The van der Waals surface area contributed by atoms with E-state index < -0.39 is 0 Å². The van der Waals surface area contributed by atoms with Crippen LogP contribution >= 0.6 is 0 Å². The van der Waals surface area contributed by atoms with E-state index >= 15 is 0 Å². The highest BCUT2D eigenvalue weighted by Crippen LogP contribution is 2.30. The maximum atomic E-state index is 14.1. The topological polar surface area (TPSA) is 79.5 Å². The lowest BCUT2D eigenvalue weighted by atomic mass is 9.94. The van der Waals surface area contributed by atoms with Gasteiger partial charge in [-0.2, -0.15) is 0 Å². The summed E-state index contributed by atoms with van der Waals surface area (Å²) in [7, 11) is 0. The Labute approximate surface area is 156 Å². The van der Waals surface area contributed by atoms with Gasteiger partial charge in [0.15, 0.2) is 0 Å². The van der Waals surface area contributed by atoms with Gasteiger partial charge in [-0.25, -0.2) is 4.39 Å². The first-order chi connectivity index (χ1) is 13.0. The molecule has 7 heteroatoms. The number of hydrogen-bond donors (Lipinski definition) is 1. The van der Waals surface area contributed by atoms with Gasteiger partial charge in [0.2, 0.25) is 5.91 Å². The molecule has 27 heavy (non-hydrogen) atoms. The number of anilines is 1. The second kappa shape index (κ2) is 7.08. The first-order valence-electron chi connectivity index (χ1n) is 9.09. The number of carbonyl (C=O) groups is 2. The molecule has 2 N–H and O–H groups in total. The maximum Gasteiger partial charge on any atom is 0.255 e. The van der Waals surface area contributed by atoms with Crippen molar-refractivity contribution in [2.24, 2.45) is 5.73 Å². The Morgan fingerprint density at radius 1 is 1.22 bits per heavy atom. The number of rotatable bonds is 3. The predicted molar refractivity (Wildman–Crippen MR) is 98.8 cm³/mol. The summed E-state index contributed by atoms with van der Waals surface area (Å²) in [6, 6.07) is 7.90. The molecule has 3 heterocycles. The van der Waals surface area contributed by atoms with Crippen LogP contribution in [-0.2, 0) is 4.79 Å². The van der Waals surface area contributed by atoms with E-state index in [0.717, 1.165) is 6.42 Å². The lowest BCUT2D eigenvalue weighted by Gasteiger charge is -2.19. The molecule has 2 aliphatic heterocycles. The number of pyridine rings is 1. The Hall–Kier alpha value is -2.80. The second-order valence-corrected chi connectivity index (χ2v) is 7.08. The average Bonchev–Trinajstić information content (AvgIpc) is 3.27. The van der Waals surface area contributed by atoms with E-state index in [2.05, 4.69) is 4.98 Å². The van der Waals surface area contributed by atoms with E-state index in [9.17, 15) is 14.0 Å². The van der Waals surface area contributed by atoms with Crippen molar-refractivity contribution in [2.45, 2.75) is 24.8 Å². The molecule has 2 aromatic rings. The number of hydrogen-bond acceptors (Lipinski definition) is 4. The van der Waals surface area contributed by atoms with Crippen LogP contribution in [0.1, 0.15) is 34.7 Å². The summed E-state index contributed by atoms with van der Waals surface area (Å²) in [6.45, 7) is 1.35. The monoisotopic (exact) mass is 368 g/mol. The summed E-state index contributed by atoms with van der Waals surface area (Å²) in [5, 5.41) is 0. The molecule has 2 amide bonds. The van der Waals surface area contributed by atoms with Crippen molar-refractivity contribution in [1.29, 1.82) is 0 Å². The molecule has 0 aliphatic carbocycles. The second-order valence-electron chi connectivity index (χ2n) is 7.08. The van der Waals surface area contributed by atoms with Gasteiger partial charge in [0, 0.05) is 44.2 Å². The molecule has 0 saturated carbocycles. The van der Waals surface area contributed by atoms with Crippen molar-refractivity contribution in [3.8, 4) is 0 Å². The summed E-state index contributed by atoms with van der Waals surface area (Å²) < 4.78 is 14.1. The van der Waals surface area contributed by atoms with Crippen molar-refractivity contribution < 1.29 is 14.0 Å². The van der Waals surface area contributed by atoms with E-state index in [1.54, 1.807) is 40.3 Å². The highest BCUT2D eigenvalue weighted by molar-refractivity contribution is 5.98. The van der Waals surface area contributed by atoms with Crippen molar-refractivity contribution in [3.63, 3.8) is 0 Å². The standard InChI is InChI=1S/C20H21FN4O2/c21-17-5-2-1-4-15(17)16-11-24(12-18(16)22)20(27)13-8-14(10-23-9-13)25-7-3-6-19(25)26/h1-2,4-5,8-10,16,18H,3,6-7,11-12,22H2/t16-,18+/m0/s1. The largest absolute Gasteiger partial charge is 0.336 e. The lowest BCUT2D eigenvalue weighted by Crippen LogP contribution is -2.32. The minimum atomic E-state index is -0.331. The Kier molecular flexibility index (Phi) is 4.61. The number of nitrogens with zero attached hydrogens (tertiary/aromatic N) is 3. The molecule has 0 unspecified atom stereocenters. The third-order valence-corrected chi connectivity index (χ3v) is 5.31. The third-order valence-electron chi connectivity index (χ3n) is 5.31. The summed E-state index contributed by atoms with van der Waals surface area (Å²) in [5.74, 6) is -0.704. The molecule has 2 aliphatic rings. The van der Waals surface area contributed by atoms with Crippen LogP contribution in [0.25, 0.3) is 0 Å². The third kappa shape index (κ3) is 3.30. The summed E-state index contributed by atoms with van der Waals surface area (Å²) in [6.07, 6.45) is 4.41. The average molecular weight is 368 g/mol. The highest BCUT2D eigenvalue weighted by Gasteiger charge is 2.36. The fourth-order valence-corrected chi connectivity index (χ4v) is 3.90.